The van der Waals surface area contributed by atoms with E-state index in [-0.39, 0.29) is 12.5 Å². The van der Waals surface area contributed by atoms with Crippen LogP contribution in [0.15, 0.2) is 11.6 Å². The fourth-order valence-electron chi connectivity index (χ4n) is 2.97. The van der Waals surface area contributed by atoms with Gasteiger partial charge in [-0.3, -0.25) is 4.79 Å². The lowest BCUT2D eigenvalue weighted by atomic mass is 9.54. The molecule has 2 aliphatic rings. The molecule has 3 N–H and O–H groups in total. The number of fused-ring (bicyclic) bond motifs is 1. The van der Waals surface area contributed by atoms with Crippen molar-refractivity contribution in [3.63, 3.8) is 0 Å². The van der Waals surface area contributed by atoms with Gasteiger partial charge in [-0.15, -0.1) is 0 Å². The number of carboxylic acids is 1. The van der Waals surface area contributed by atoms with Crippen LogP contribution >= 0.6 is 0 Å². The highest BCUT2D eigenvalue weighted by atomic mass is 16.4. The Hall–Kier alpha value is -0.830. The molecule has 3 heteroatoms. The predicted octanol–water partition coefficient (Wildman–Crippen LogP) is 1.39. The number of rotatable bonds is 3. The minimum absolute atomic E-state index is 0.278. The molecule has 0 aromatic rings. The van der Waals surface area contributed by atoms with Crippen LogP contribution in [0.4, 0.5) is 0 Å². The summed E-state index contributed by atoms with van der Waals surface area (Å²) in [6, 6.07) is 0. The Balaban J connectivity index is 2.14. The molecule has 78 valence electrons. The van der Waals surface area contributed by atoms with Crippen LogP contribution in [0.25, 0.3) is 0 Å². The summed E-state index contributed by atoms with van der Waals surface area (Å²) < 4.78 is 0. The van der Waals surface area contributed by atoms with Gasteiger partial charge < -0.3 is 10.8 Å². The molecule has 0 radical (unpaired) electrons. The Bertz CT molecular complexity index is 298. The van der Waals surface area contributed by atoms with Crippen molar-refractivity contribution < 1.29 is 9.90 Å². The third kappa shape index (κ3) is 1.05. The van der Waals surface area contributed by atoms with Gasteiger partial charge >= 0.3 is 5.97 Å². The topological polar surface area (TPSA) is 63.3 Å². The second kappa shape index (κ2) is 3.09. The summed E-state index contributed by atoms with van der Waals surface area (Å²) in [7, 11) is 0. The lowest BCUT2D eigenvalue weighted by Crippen LogP contribution is -2.55. The first-order chi connectivity index (χ1) is 6.64. The minimum atomic E-state index is -0.702. The van der Waals surface area contributed by atoms with Crippen molar-refractivity contribution in [2.75, 3.05) is 6.54 Å². The Labute approximate surface area is 84.0 Å². The van der Waals surface area contributed by atoms with Crippen LogP contribution < -0.4 is 5.73 Å². The van der Waals surface area contributed by atoms with Gasteiger partial charge in [-0.1, -0.05) is 18.6 Å². The first kappa shape index (κ1) is 9.71. The van der Waals surface area contributed by atoms with Crippen molar-refractivity contribution in [2.24, 2.45) is 23.0 Å². The number of aliphatic carboxylic acids is 1. The van der Waals surface area contributed by atoms with Crippen molar-refractivity contribution in [3.8, 4) is 0 Å². The highest BCUT2D eigenvalue weighted by molar-refractivity contribution is 5.77. The van der Waals surface area contributed by atoms with Gasteiger partial charge in [-0.2, -0.15) is 0 Å². The fraction of sp³-hybridized carbons (Fsp3) is 0.727. The molecular formula is C11H17NO2. The first-order valence-corrected chi connectivity index (χ1v) is 5.27. The van der Waals surface area contributed by atoms with Crippen molar-refractivity contribution in [1.29, 1.82) is 0 Å². The molecule has 0 unspecified atom stereocenters. The second-order valence-electron chi connectivity index (χ2n) is 4.52. The number of carbonyl (C=O) groups is 1. The van der Waals surface area contributed by atoms with E-state index in [1.165, 1.54) is 5.57 Å². The van der Waals surface area contributed by atoms with Crippen LogP contribution in [-0.4, -0.2) is 17.6 Å². The molecular weight excluding hydrogens is 178 g/mol. The molecule has 1 fully saturated rings. The molecule has 0 spiro atoms. The predicted molar refractivity (Wildman–Crippen MR) is 53.7 cm³/mol. The normalized spacial score (nSPS) is 40.0. The van der Waals surface area contributed by atoms with E-state index >= 15 is 0 Å². The quantitative estimate of drug-likeness (QED) is 0.669. The molecule has 0 heterocycles. The number of allylic oxidation sites excluding steroid dienone is 2. The van der Waals surface area contributed by atoms with E-state index in [2.05, 4.69) is 13.0 Å². The monoisotopic (exact) mass is 195 g/mol. The number of nitrogens with two attached hydrogens (primary N) is 1. The van der Waals surface area contributed by atoms with Gasteiger partial charge in [-0.05, 0) is 31.1 Å². The highest BCUT2D eigenvalue weighted by Gasteiger charge is 2.58. The van der Waals surface area contributed by atoms with Gasteiger partial charge in [0.2, 0.25) is 0 Å². The number of carboxylic acid groups (broad SMARTS) is 1. The largest absolute Gasteiger partial charge is 0.481 e. The number of hydrogen-bond acceptors (Lipinski definition) is 2. The summed E-state index contributed by atoms with van der Waals surface area (Å²) >= 11 is 0. The standard InChI is InChI=1S/C11H17NO2/c1-2-7-3-8-5-11(6-12,10(13)14)9(8)4-7/h3,8-9H,2,4-6,12H2,1H3,(H,13,14)/t8-,9-,11-/m1/s1. The molecule has 14 heavy (non-hydrogen) atoms. The summed E-state index contributed by atoms with van der Waals surface area (Å²) in [6.45, 7) is 2.41. The molecule has 0 aromatic carbocycles. The van der Waals surface area contributed by atoms with Crippen LogP contribution in [0.1, 0.15) is 26.2 Å². The molecule has 2 aliphatic carbocycles. The molecule has 1 saturated carbocycles. The van der Waals surface area contributed by atoms with E-state index in [1.807, 2.05) is 0 Å². The van der Waals surface area contributed by atoms with E-state index in [0.717, 1.165) is 19.3 Å². The SMILES string of the molecule is CCC1=C[C@@H]2C[C@](CN)(C(=O)O)[C@@H]2C1. The van der Waals surface area contributed by atoms with Gasteiger partial charge in [-0.25, -0.2) is 0 Å². The summed E-state index contributed by atoms with van der Waals surface area (Å²) in [4.78, 5) is 11.2. The van der Waals surface area contributed by atoms with Gasteiger partial charge in [0, 0.05) is 6.54 Å². The number of hydrogen-bond donors (Lipinski definition) is 2. The van der Waals surface area contributed by atoms with Crippen LogP contribution in [0.2, 0.25) is 0 Å². The van der Waals surface area contributed by atoms with E-state index in [0.29, 0.717) is 5.92 Å². The first-order valence-electron chi connectivity index (χ1n) is 5.27. The maximum Gasteiger partial charge on any atom is 0.311 e. The van der Waals surface area contributed by atoms with Crippen LogP contribution in [0.5, 0.6) is 0 Å². The third-order valence-corrected chi connectivity index (χ3v) is 4.00. The zero-order valence-electron chi connectivity index (χ0n) is 8.49. The van der Waals surface area contributed by atoms with E-state index in [9.17, 15) is 9.90 Å². The summed E-state index contributed by atoms with van der Waals surface area (Å²) in [5, 5.41) is 9.19. The Morgan fingerprint density at radius 2 is 2.50 bits per heavy atom. The van der Waals surface area contributed by atoms with Crippen molar-refractivity contribution in [1.82, 2.24) is 0 Å². The van der Waals surface area contributed by atoms with E-state index in [1.54, 1.807) is 0 Å². The molecule has 2 rings (SSSR count). The molecule has 0 saturated heterocycles. The van der Waals surface area contributed by atoms with Crippen molar-refractivity contribution in [2.45, 2.75) is 26.2 Å². The average molecular weight is 195 g/mol. The molecule has 0 bridgehead atoms. The Kier molecular flexibility index (Phi) is 2.14. The van der Waals surface area contributed by atoms with Gasteiger partial charge in [0.1, 0.15) is 0 Å². The van der Waals surface area contributed by atoms with Gasteiger partial charge in [0.25, 0.3) is 0 Å². The van der Waals surface area contributed by atoms with Gasteiger partial charge in [0.05, 0.1) is 5.41 Å². The van der Waals surface area contributed by atoms with E-state index < -0.39 is 11.4 Å². The maximum absolute atomic E-state index is 11.2. The summed E-state index contributed by atoms with van der Waals surface area (Å²) in [5.41, 5.74) is 6.41. The molecule has 0 amide bonds. The maximum atomic E-state index is 11.2. The zero-order valence-corrected chi connectivity index (χ0v) is 8.49. The smallest absolute Gasteiger partial charge is 0.311 e. The van der Waals surface area contributed by atoms with Crippen LogP contribution in [-0.2, 0) is 4.79 Å². The average Bonchev–Trinajstić information content (AvgIpc) is 2.46. The van der Waals surface area contributed by atoms with E-state index in [4.69, 9.17) is 5.73 Å². The van der Waals surface area contributed by atoms with Crippen molar-refractivity contribution in [3.05, 3.63) is 11.6 Å². The summed E-state index contributed by atoms with van der Waals surface area (Å²) in [6.07, 6.45) is 5.01. The van der Waals surface area contributed by atoms with Crippen LogP contribution in [0.3, 0.4) is 0 Å². The third-order valence-electron chi connectivity index (χ3n) is 4.00. The van der Waals surface area contributed by atoms with Crippen LogP contribution in [0, 0.1) is 17.3 Å². The lowest BCUT2D eigenvalue weighted by molar-refractivity contribution is -0.163. The molecule has 3 nitrogen and oxygen atoms in total. The molecule has 3 atom stereocenters. The molecule has 0 aromatic heterocycles. The Morgan fingerprint density at radius 3 is 3.00 bits per heavy atom. The fourth-order valence-corrected chi connectivity index (χ4v) is 2.97. The summed E-state index contributed by atoms with van der Waals surface area (Å²) in [5.74, 6) is 0.0663. The lowest BCUT2D eigenvalue weighted by Gasteiger charge is -2.48. The van der Waals surface area contributed by atoms with Gasteiger partial charge in [0.15, 0.2) is 0 Å². The second-order valence-corrected chi connectivity index (χ2v) is 4.52. The molecule has 0 aliphatic heterocycles. The zero-order chi connectivity index (χ0) is 10.3. The van der Waals surface area contributed by atoms with Crippen molar-refractivity contribution >= 4 is 5.97 Å². The highest BCUT2D eigenvalue weighted by Crippen LogP contribution is 2.58. The minimum Gasteiger partial charge on any atom is -0.481 e. The Morgan fingerprint density at radius 1 is 1.79 bits per heavy atom.